The molecule has 1 rings (SSSR count). The third kappa shape index (κ3) is 2.90. The van der Waals surface area contributed by atoms with Gasteiger partial charge in [-0.2, -0.15) is 11.8 Å². The van der Waals surface area contributed by atoms with E-state index in [9.17, 15) is 0 Å². The lowest BCUT2D eigenvalue weighted by Crippen LogP contribution is -1.94. The van der Waals surface area contributed by atoms with Crippen LogP contribution in [0.25, 0.3) is 0 Å². The van der Waals surface area contributed by atoms with Crippen molar-refractivity contribution in [2.45, 2.75) is 19.3 Å². The van der Waals surface area contributed by atoms with Crippen LogP contribution < -0.4 is 0 Å². The molecule has 0 amide bonds. The maximum atomic E-state index is 2.30. The Balaban J connectivity index is 2.48. The summed E-state index contributed by atoms with van der Waals surface area (Å²) in [5.74, 6) is 1.97. The van der Waals surface area contributed by atoms with Crippen LogP contribution in [0.5, 0.6) is 0 Å². The van der Waals surface area contributed by atoms with Crippen LogP contribution in [0.15, 0.2) is 30.3 Å². The third-order valence-corrected chi connectivity index (χ3v) is 2.77. The molecule has 0 saturated heterocycles. The maximum Gasteiger partial charge on any atom is -0.00646 e. The van der Waals surface area contributed by atoms with Crippen LogP contribution in [0.2, 0.25) is 0 Å². The Kier molecular flexibility index (Phi) is 4.23. The Hall–Kier alpha value is -0.430. The number of rotatable bonds is 4. The molecule has 0 fully saturated rings. The van der Waals surface area contributed by atoms with Crippen molar-refractivity contribution >= 4 is 11.8 Å². The van der Waals surface area contributed by atoms with Crippen molar-refractivity contribution in [3.8, 4) is 0 Å². The lowest BCUT2D eigenvalue weighted by Gasteiger charge is -2.09. The van der Waals surface area contributed by atoms with E-state index in [1.54, 1.807) is 0 Å². The second kappa shape index (κ2) is 5.26. The van der Waals surface area contributed by atoms with Gasteiger partial charge in [-0.3, -0.25) is 0 Å². The zero-order valence-electron chi connectivity index (χ0n) is 7.79. The van der Waals surface area contributed by atoms with Crippen molar-refractivity contribution in [3.05, 3.63) is 35.9 Å². The van der Waals surface area contributed by atoms with E-state index in [0.29, 0.717) is 5.92 Å². The van der Waals surface area contributed by atoms with Gasteiger partial charge in [0.05, 0.1) is 0 Å². The summed E-state index contributed by atoms with van der Waals surface area (Å²) in [7, 11) is 0. The summed E-state index contributed by atoms with van der Waals surface area (Å²) < 4.78 is 0. The fourth-order valence-electron chi connectivity index (χ4n) is 1.24. The van der Waals surface area contributed by atoms with Crippen molar-refractivity contribution in [1.82, 2.24) is 0 Å². The van der Waals surface area contributed by atoms with Crippen LogP contribution >= 0.6 is 11.8 Å². The molecule has 0 aliphatic heterocycles. The molecule has 66 valence electrons. The summed E-state index contributed by atoms with van der Waals surface area (Å²) in [6, 6.07) is 10.7. The van der Waals surface area contributed by atoms with Crippen molar-refractivity contribution in [2.75, 3.05) is 12.0 Å². The molecule has 0 aromatic heterocycles. The maximum absolute atomic E-state index is 2.30. The topological polar surface area (TPSA) is 0 Å². The lowest BCUT2D eigenvalue weighted by atomic mass is 9.99. The molecule has 0 aliphatic carbocycles. The van der Waals surface area contributed by atoms with Gasteiger partial charge in [0.25, 0.3) is 0 Å². The van der Waals surface area contributed by atoms with E-state index in [1.165, 1.54) is 17.7 Å². The summed E-state index contributed by atoms with van der Waals surface area (Å²) in [6.07, 6.45) is 3.45. The van der Waals surface area contributed by atoms with Gasteiger partial charge in [-0.15, -0.1) is 0 Å². The quantitative estimate of drug-likeness (QED) is 0.683. The average Bonchev–Trinajstić information content (AvgIpc) is 2.15. The Morgan fingerprint density at radius 3 is 2.50 bits per heavy atom. The normalized spacial score (nSPS) is 12.8. The van der Waals surface area contributed by atoms with Crippen molar-refractivity contribution < 1.29 is 0 Å². The van der Waals surface area contributed by atoms with E-state index < -0.39 is 0 Å². The molecule has 0 spiro atoms. The van der Waals surface area contributed by atoms with Gasteiger partial charge in [0.2, 0.25) is 0 Å². The van der Waals surface area contributed by atoms with Crippen LogP contribution in [0.4, 0.5) is 0 Å². The van der Waals surface area contributed by atoms with E-state index in [2.05, 4.69) is 43.5 Å². The largest absolute Gasteiger partial charge is 0.165 e. The molecule has 0 bridgehead atoms. The Morgan fingerprint density at radius 1 is 1.25 bits per heavy atom. The first kappa shape index (κ1) is 9.66. The predicted octanol–water partition coefficient (Wildman–Crippen LogP) is 3.54. The Labute approximate surface area is 79.4 Å². The highest BCUT2D eigenvalue weighted by Gasteiger charge is 2.02. The molecular formula is C11H16S. The van der Waals surface area contributed by atoms with E-state index in [4.69, 9.17) is 0 Å². The summed E-state index contributed by atoms with van der Waals surface area (Å²) in [5.41, 5.74) is 1.46. The first-order valence-corrected chi connectivity index (χ1v) is 5.78. The van der Waals surface area contributed by atoms with Gasteiger partial charge >= 0.3 is 0 Å². The zero-order valence-corrected chi connectivity index (χ0v) is 8.60. The molecule has 1 aromatic carbocycles. The fraction of sp³-hybridized carbons (Fsp3) is 0.455. The highest BCUT2D eigenvalue weighted by molar-refractivity contribution is 7.98. The van der Waals surface area contributed by atoms with Crippen molar-refractivity contribution in [2.24, 2.45) is 0 Å². The van der Waals surface area contributed by atoms with E-state index in [1.807, 2.05) is 11.8 Å². The van der Waals surface area contributed by atoms with E-state index in [-0.39, 0.29) is 0 Å². The molecule has 0 aliphatic rings. The van der Waals surface area contributed by atoms with Crippen LogP contribution in [0.3, 0.4) is 0 Å². The van der Waals surface area contributed by atoms with Crippen LogP contribution in [0, 0.1) is 0 Å². The summed E-state index contributed by atoms with van der Waals surface area (Å²) in [5, 5.41) is 0. The third-order valence-electron chi connectivity index (χ3n) is 2.12. The fourth-order valence-corrected chi connectivity index (χ4v) is 1.83. The summed E-state index contributed by atoms with van der Waals surface area (Å²) in [6.45, 7) is 2.30. The van der Waals surface area contributed by atoms with Crippen LogP contribution in [-0.2, 0) is 0 Å². The SMILES string of the molecule is CSCCC(C)c1ccccc1. The zero-order chi connectivity index (χ0) is 8.81. The Morgan fingerprint density at radius 2 is 1.92 bits per heavy atom. The molecule has 1 heteroatoms. The molecule has 0 heterocycles. The smallest absolute Gasteiger partial charge is 0.00646 e. The van der Waals surface area contributed by atoms with Gasteiger partial charge < -0.3 is 0 Å². The van der Waals surface area contributed by atoms with Gasteiger partial charge in [-0.05, 0) is 29.9 Å². The summed E-state index contributed by atoms with van der Waals surface area (Å²) >= 11 is 1.92. The highest BCUT2D eigenvalue weighted by atomic mass is 32.2. The molecule has 0 N–H and O–H groups in total. The number of hydrogen-bond acceptors (Lipinski definition) is 1. The van der Waals surface area contributed by atoms with Gasteiger partial charge in [0.1, 0.15) is 0 Å². The molecule has 0 nitrogen and oxygen atoms in total. The predicted molar refractivity (Wildman–Crippen MR) is 57.9 cm³/mol. The molecule has 1 atom stereocenters. The molecule has 0 radical (unpaired) electrons. The monoisotopic (exact) mass is 180 g/mol. The van der Waals surface area contributed by atoms with Crippen molar-refractivity contribution in [3.63, 3.8) is 0 Å². The Bertz CT molecular complexity index is 206. The van der Waals surface area contributed by atoms with Gasteiger partial charge in [0.15, 0.2) is 0 Å². The van der Waals surface area contributed by atoms with Gasteiger partial charge in [-0.1, -0.05) is 37.3 Å². The lowest BCUT2D eigenvalue weighted by molar-refractivity contribution is 0.741. The second-order valence-corrected chi connectivity index (χ2v) is 4.08. The minimum atomic E-state index is 0.707. The summed E-state index contributed by atoms with van der Waals surface area (Å²) in [4.78, 5) is 0. The molecule has 1 aromatic rings. The second-order valence-electron chi connectivity index (χ2n) is 3.09. The van der Waals surface area contributed by atoms with Gasteiger partial charge in [-0.25, -0.2) is 0 Å². The minimum absolute atomic E-state index is 0.707. The first-order chi connectivity index (χ1) is 5.84. The van der Waals surface area contributed by atoms with Gasteiger partial charge in [0, 0.05) is 0 Å². The molecule has 12 heavy (non-hydrogen) atoms. The molecular weight excluding hydrogens is 164 g/mol. The number of hydrogen-bond donors (Lipinski definition) is 0. The standard InChI is InChI=1S/C11H16S/c1-10(8-9-12-2)11-6-4-3-5-7-11/h3-7,10H,8-9H2,1-2H3. The van der Waals surface area contributed by atoms with Crippen LogP contribution in [0.1, 0.15) is 24.8 Å². The molecule has 1 unspecified atom stereocenters. The molecule has 0 saturated carbocycles. The van der Waals surface area contributed by atoms with Crippen LogP contribution in [-0.4, -0.2) is 12.0 Å². The minimum Gasteiger partial charge on any atom is -0.165 e. The number of thioether (sulfide) groups is 1. The van der Waals surface area contributed by atoms with E-state index in [0.717, 1.165) is 0 Å². The number of benzene rings is 1. The average molecular weight is 180 g/mol. The highest BCUT2D eigenvalue weighted by Crippen LogP contribution is 2.19. The van der Waals surface area contributed by atoms with E-state index >= 15 is 0 Å². The van der Waals surface area contributed by atoms with Crippen molar-refractivity contribution in [1.29, 1.82) is 0 Å². The first-order valence-electron chi connectivity index (χ1n) is 4.38.